The standard InChI is InChI=1S/C19H21NO4/c1-19(2,3)18(22)24-14-11-9-13(10-12-14)20-17(21)15-7-5-6-8-16(15)23-4/h5-12H,1-4H3,(H,20,21). The van der Waals surface area contributed by atoms with Gasteiger partial charge in [0.15, 0.2) is 0 Å². The Morgan fingerprint density at radius 2 is 1.58 bits per heavy atom. The fourth-order valence-electron chi connectivity index (χ4n) is 1.90. The number of nitrogens with one attached hydrogen (secondary N) is 1. The number of esters is 1. The van der Waals surface area contributed by atoms with E-state index in [1.165, 1.54) is 7.11 Å². The number of hydrogen-bond acceptors (Lipinski definition) is 4. The van der Waals surface area contributed by atoms with E-state index >= 15 is 0 Å². The number of carbonyl (C=O) groups is 2. The Kier molecular flexibility index (Phi) is 5.24. The lowest BCUT2D eigenvalue weighted by Crippen LogP contribution is -2.25. The predicted octanol–water partition coefficient (Wildman–Crippen LogP) is 3.90. The van der Waals surface area contributed by atoms with Crippen LogP contribution in [0, 0.1) is 5.41 Å². The summed E-state index contributed by atoms with van der Waals surface area (Å²) >= 11 is 0. The van der Waals surface area contributed by atoms with Crippen LogP contribution >= 0.6 is 0 Å². The number of hydrogen-bond donors (Lipinski definition) is 1. The Hall–Kier alpha value is -2.82. The van der Waals surface area contributed by atoms with Gasteiger partial charge in [-0.1, -0.05) is 12.1 Å². The lowest BCUT2D eigenvalue weighted by molar-refractivity contribution is -0.142. The first-order chi connectivity index (χ1) is 11.3. The number of amides is 1. The molecule has 0 aromatic heterocycles. The van der Waals surface area contributed by atoms with Crippen LogP contribution in [0.5, 0.6) is 11.5 Å². The summed E-state index contributed by atoms with van der Waals surface area (Å²) in [5, 5.41) is 2.78. The molecule has 0 heterocycles. The van der Waals surface area contributed by atoms with Gasteiger partial charge in [0.1, 0.15) is 11.5 Å². The van der Waals surface area contributed by atoms with Gasteiger partial charge in [0.05, 0.1) is 18.1 Å². The minimum atomic E-state index is -0.573. The summed E-state index contributed by atoms with van der Waals surface area (Å²) in [5.74, 6) is 0.358. The van der Waals surface area contributed by atoms with Gasteiger partial charge < -0.3 is 14.8 Å². The van der Waals surface area contributed by atoms with E-state index in [4.69, 9.17) is 9.47 Å². The summed E-state index contributed by atoms with van der Waals surface area (Å²) in [6, 6.07) is 13.6. The Bertz CT molecular complexity index is 730. The zero-order valence-electron chi connectivity index (χ0n) is 14.3. The molecular weight excluding hydrogens is 306 g/mol. The zero-order valence-corrected chi connectivity index (χ0v) is 14.3. The Morgan fingerprint density at radius 3 is 2.17 bits per heavy atom. The summed E-state index contributed by atoms with van der Waals surface area (Å²) in [6.07, 6.45) is 0. The van der Waals surface area contributed by atoms with Crippen LogP contribution in [0.15, 0.2) is 48.5 Å². The molecule has 2 aromatic rings. The van der Waals surface area contributed by atoms with Crippen molar-refractivity contribution in [2.45, 2.75) is 20.8 Å². The van der Waals surface area contributed by atoms with Crippen LogP contribution in [0.25, 0.3) is 0 Å². The fraction of sp³-hybridized carbons (Fsp3) is 0.263. The van der Waals surface area contributed by atoms with Gasteiger partial charge >= 0.3 is 5.97 Å². The van der Waals surface area contributed by atoms with Gasteiger partial charge in [0.2, 0.25) is 0 Å². The summed E-state index contributed by atoms with van der Waals surface area (Å²) in [5.41, 5.74) is 0.473. The van der Waals surface area contributed by atoms with E-state index in [0.717, 1.165) is 0 Å². The molecule has 0 spiro atoms. The van der Waals surface area contributed by atoms with Gasteiger partial charge in [0.25, 0.3) is 5.91 Å². The number of ether oxygens (including phenoxy) is 2. The molecule has 0 bridgehead atoms. The molecule has 24 heavy (non-hydrogen) atoms. The number of rotatable bonds is 4. The Labute approximate surface area is 141 Å². The van der Waals surface area contributed by atoms with E-state index < -0.39 is 5.41 Å². The Balaban J connectivity index is 2.06. The number of para-hydroxylation sites is 1. The highest BCUT2D eigenvalue weighted by Crippen LogP contribution is 2.22. The smallest absolute Gasteiger partial charge is 0.316 e. The molecule has 5 nitrogen and oxygen atoms in total. The minimum Gasteiger partial charge on any atom is -0.496 e. The quantitative estimate of drug-likeness (QED) is 0.683. The molecule has 0 radical (unpaired) electrons. The topological polar surface area (TPSA) is 64.6 Å². The average molecular weight is 327 g/mol. The van der Waals surface area contributed by atoms with Crippen LogP contribution in [0.3, 0.4) is 0 Å². The first-order valence-corrected chi connectivity index (χ1v) is 7.58. The summed E-state index contributed by atoms with van der Waals surface area (Å²) in [7, 11) is 1.52. The van der Waals surface area contributed by atoms with Crippen molar-refractivity contribution in [3.05, 3.63) is 54.1 Å². The predicted molar refractivity (Wildman–Crippen MR) is 92.5 cm³/mol. The lowest BCUT2D eigenvalue weighted by atomic mass is 9.97. The summed E-state index contributed by atoms with van der Waals surface area (Å²) in [4.78, 5) is 24.2. The molecule has 126 valence electrons. The first-order valence-electron chi connectivity index (χ1n) is 7.58. The maximum Gasteiger partial charge on any atom is 0.316 e. The van der Waals surface area contributed by atoms with E-state index in [1.807, 2.05) is 0 Å². The third-order valence-electron chi connectivity index (χ3n) is 3.29. The monoisotopic (exact) mass is 327 g/mol. The third-order valence-corrected chi connectivity index (χ3v) is 3.29. The zero-order chi connectivity index (χ0) is 17.7. The van der Waals surface area contributed by atoms with Gasteiger partial charge in [-0.05, 0) is 57.2 Å². The highest BCUT2D eigenvalue weighted by atomic mass is 16.5. The van der Waals surface area contributed by atoms with Gasteiger partial charge in [0, 0.05) is 5.69 Å². The molecule has 0 aliphatic heterocycles. The molecule has 0 saturated heterocycles. The van der Waals surface area contributed by atoms with Crippen molar-refractivity contribution in [1.82, 2.24) is 0 Å². The maximum absolute atomic E-state index is 12.3. The highest BCUT2D eigenvalue weighted by Gasteiger charge is 2.23. The summed E-state index contributed by atoms with van der Waals surface area (Å²) in [6.45, 7) is 5.37. The number of anilines is 1. The molecule has 1 amide bonds. The van der Waals surface area contributed by atoms with Crippen molar-refractivity contribution in [3.8, 4) is 11.5 Å². The van der Waals surface area contributed by atoms with Crippen LogP contribution in [0.2, 0.25) is 0 Å². The fourth-order valence-corrected chi connectivity index (χ4v) is 1.90. The molecule has 0 aliphatic carbocycles. The molecule has 5 heteroatoms. The van der Waals surface area contributed by atoms with Crippen molar-refractivity contribution in [2.75, 3.05) is 12.4 Å². The second-order valence-electron chi connectivity index (χ2n) is 6.32. The number of benzene rings is 2. The van der Waals surface area contributed by atoms with Crippen molar-refractivity contribution in [1.29, 1.82) is 0 Å². The van der Waals surface area contributed by atoms with Gasteiger partial charge in [-0.2, -0.15) is 0 Å². The van der Waals surface area contributed by atoms with Gasteiger partial charge in [-0.3, -0.25) is 9.59 Å². The van der Waals surface area contributed by atoms with E-state index in [9.17, 15) is 9.59 Å². The average Bonchev–Trinajstić information content (AvgIpc) is 2.55. The van der Waals surface area contributed by atoms with Crippen LogP contribution in [-0.4, -0.2) is 19.0 Å². The lowest BCUT2D eigenvalue weighted by Gasteiger charge is -2.16. The van der Waals surface area contributed by atoms with Crippen LogP contribution in [0.1, 0.15) is 31.1 Å². The van der Waals surface area contributed by atoms with E-state index in [1.54, 1.807) is 69.3 Å². The maximum atomic E-state index is 12.3. The third kappa shape index (κ3) is 4.35. The second-order valence-corrected chi connectivity index (χ2v) is 6.32. The molecule has 2 rings (SSSR count). The molecule has 2 aromatic carbocycles. The van der Waals surface area contributed by atoms with Crippen molar-refractivity contribution in [3.63, 3.8) is 0 Å². The molecule has 1 N–H and O–H groups in total. The normalized spacial score (nSPS) is 10.8. The van der Waals surface area contributed by atoms with Crippen LogP contribution < -0.4 is 14.8 Å². The van der Waals surface area contributed by atoms with Crippen LogP contribution in [0.4, 0.5) is 5.69 Å². The van der Waals surface area contributed by atoms with Crippen molar-refractivity contribution in [2.24, 2.45) is 5.41 Å². The number of methoxy groups -OCH3 is 1. The van der Waals surface area contributed by atoms with Gasteiger partial charge in [-0.15, -0.1) is 0 Å². The molecule has 0 aliphatic rings. The highest BCUT2D eigenvalue weighted by molar-refractivity contribution is 6.06. The van der Waals surface area contributed by atoms with E-state index in [-0.39, 0.29) is 11.9 Å². The molecular formula is C19H21NO4. The van der Waals surface area contributed by atoms with Gasteiger partial charge in [-0.25, -0.2) is 0 Å². The van der Waals surface area contributed by atoms with Crippen molar-refractivity contribution < 1.29 is 19.1 Å². The Morgan fingerprint density at radius 1 is 0.958 bits per heavy atom. The summed E-state index contributed by atoms with van der Waals surface area (Å²) < 4.78 is 10.5. The van der Waals surface area contributed by atoms with Crippen molar-refractivity contribution >= 4 is 17.6 Å². The van der Waals surface area contributed by atoms with E-state index in [2.05, 4.69) is 5.32 Å². The molecule has 0 atom stereocenters. The van der Waals surface area contributed by atoms with E-state index in [0.29, 0.717) is 22.7 Å². The molecule has 0 saturated carbocycles. The number of carbonyl (C=O) groups excluding carboxylic acids is 2. The largest absolute Gasteiger partial charge is 0.496 e. The molecule has 0 unspecified atom stereocenters. The molecule has 0 fully saturated rings. The first kappa shape index (κ1) is 17.5. The minimum absolute atomic E-state index is 0.271. The van der Waals surface area contributed by atoms with Crippen LogP contribution in [-0.2, 0) is 4.79 Å². The SMILES string of the molecule is COc1ccccc1C(=O)Nc1ccc(OC(=O)C(C)(C)C)cc1. The second kappa shape index (κ2) is 7.17.